The fourth-order valence-electron chi connectivity index (χ4n) is 4.02. The Balaban J connectivity index is 1.71. The molecule has 0 radical (unpaired) electrons. The lowest BCUT2D eigenvalue weighted by atomic mass is 9.87. The van der Waals surface area contributed by atoms with Crippen molar-refractivity contribution in [1.29, 1.82) is 0 Å². The van der Waals surface area contributed by atoms with Crippen molar-refractivity contribution < 1.29 is 13.2 Å². The van der Waals surface area contributed by atoms with Gasteiger partial charge in [0.1, 0.15) is 11.9 Å². The van der Waals surface area contributed by atoms with Crippen LogP contribution in [0.5, 0.6) is 0 Å². The fourth-order valence-corrected chi connectivity index (χ4v) is 4.02. The molecular weight excluding hydrogens is 377 g/mol. The SMILES string of the molecule is FC(F)(F)C1CCCN1c1ncccc1CC(c1cccnc1)c1cccnc1. The minimum Gasteiger partial charge on any atom is -0.344 e. The van der Waals surface area contributed by atoms with Crippen LogP contribution in [-0.2, 0) is 6.42 Å². The largest absolute Gasteiger partial charge is 0.408 e. The van der Waals surface area contributed by atoms with E-state index < -0.39 is 12.2 Å². The van der Waals surface area contributed by atoms with Gasteiger partial charge in [-0.25, -0.2) is 4.98 Å². The zero-order valence-electron chi connectivity index (χ0n) is 15.8. The topological polar surface area (TPSA) is 41.9 Å². The van der Waals surface area contributed by atoms with Gasteiger partial charge in [0, 0.05) is 43.4 Å². The number of pyridine rings is 3. The molecule has 7 heteroatoms. The second kappa shape index (κ2) is 8.19. The third-order valence-electron chi connectivity index (χ3n) is 5.37. The van der Waals surface area contributed by atoms with Crippen LogP contribution in [0.15, 0.2) is 67.4 Å². The van der Waals surface area contributed by atoms with Gasteiger partial charge in [0.05, 0.1) is 0 Å². The summed E-state index contributed by atoms with van der Waals surface area (Å²) in [5.41, 5.74) is 2.77. The van der Waals surface area contributed by atoms with Crippen molar-refractivity contribution in [2.75, 3.05) is 11.4 Å². The van der Waals surface area contributed by atoms with Crippen molar-refractivity contribution in [2.24, 2.45) is 0 Å². The summed E-state index contributed by atoms with van der Waals surface area (Å²) in [5, 5.41) is 0. The number of rotatable bonds is 5. The second-order valence-corrected chi connectivity index (χ2v) is 7.21. The maximum Gasteiger partial charge on any atom is 0.408 e. The van der Waals surface area contributed by atoms with Crippen LogP contribution < -0.4 is 4.90 Å². The lowest BCUT2D eigenvalue weighted by molar-refractivity contribution is -0.146. The number of anilines is 1. The molecule has 1 aliphatic rings. The molecular formula is C22H21F3N4. The van der Waals surface area contributed by atoms with Crippen LogP contribution >= 0.6 is 0 Å². The zero-order chi connectivity index (χ0) is 20.3. The van der Waals surface area contributed by atoms with E-state index in [-0.39, 0.29) is 12.3 Å². The van der Waals surface area contributed by atoms with E-state index in [4.69, 9.17) is 0 Å². The summed E-state index contributed by atoms with van der Waals surface area (Å²) < 4.78 is 40.6. The van der Waals surface area contributed by atoms with Crippen molar-refractivity contribution in [3.63, 3.8) is 0 Å². The van der Waals surface area contributed by atoms with Crippen molar-refractivity contribution in [2.45, 2.75) is 37.4 Å². The quantitative estimate of drug-likeness (QED) is 0.621. The summed E-state index contributed by atoms with van der Waals surface area (Å²) in [6, 6.07) is 9.86. The third-order valence-corrected chi connectivity index (χ3v) is 5.37. The third kappa shape index (κ3) is 4.23. The average molecular weight is 398 g/mol. The van der Waals surface area contributed by atoms with Crippen LogP contribution in [0.3, 0.4) is 0 Å². The van der Waals surface area contributed by atoms with Gasteiger partial charge in [0.25, 0.3) is 0 Å². The molecule has 0 aromatic carbocycles. The minimum atomic E-state index is -4.27. The van der Waals surface area contributed by atoms with Crippen LogP contribution in [0.2, 0.25) is 0 Å². The fraction of sp³-hybridized carbons (Fsp3) is 0.318. The minimum absolute atomic E-state index is 0.0766. The highest BCUT2D eigenvalue weighted by Gasteiger charge is 2.46. The van der Waals surface area contributed by atoms with Crippen LogP contribution in [0.25, 0.3) is 0 Å². The van der Waals surface area contributed by atoms with Crippen LogP contribution in [-0.4, -0.2) is 33.7 Å². The highest BCUT2D eigenvalue weighted by Crippen LogP contribution is 2.38. The number of nitrogens with zero attached hydrogens (tertiary/aromatic N) is 4. The summed E-state index contributed by atoms with van der Waals surface area (Å²) in [7, 11) is 0. The Morgan fingerprint density at radius 2 is 1.62 bits per heavy atom. The van der Waals surface area contributed by atoms with Gasteiger partial charge < -0.3 is 4.90 Å². The van der Waals surface area contributed by atoms with Crippen LogP contribution in [0, 0.1) is 0 Å². The van der Waals surface area contributed by atoms with Gasteiger partial charge in [0.2, 0.25) is 0 Å². The first-order valence-corrected chi connectivity index (χ1v) is 9.61. The maximum absolute atomic E-state index is 13.5. The summed E-state index contributed by atoms with van der Waals surface area (Å²) in [6.07, 6.45) is 5.43. The average Bonchev–Trinajstić information content (AvgIpc) is 3.24. The van der Waals surface area contributed by atoms with Gasteiger partial charge in [0.15, 0.2) is 0 Å². The Morgan fingerprint density at radius 3 is 2.21 bits per heavy atom. The highest BCUT2D eigenvalue weighted by molar-refractivity contribution is 5.50. The molecule has 1 fully saturated rings. The number of alkyl halides is 3. The van der Waals surface area contributed by atoms with E-state index in [0.29, 0.717) is 25.2 Å². The molecule has 3 aromatic heterocycles. The molecule has 3 aromatic rings. The lowest BCUT2D eigenvalue weighted by Gasteiger charge is -2.30. The molecule has 1 aliphatic heterocycles. The van der Waals surface area contributed by atoms with Crippen molar-refractivity contribution in [3.05, 3.63) is 84.1 Å². The molecule has 0 spiro atoms. The number of hydrogen-bond donors (Lipinski definition) is 0. The predicted molar refractivity (Wildman–Crippen MR) is 105 cm³/mol. The second-order valence-electron chi connectivity index (χ2n) is 7.21. The van der Waals surface area contributed by atoms with Gasteiger partial charge in [-0.05, 0) is 54.2 Å². The molecule has 150 valence electrons. The Hall–Kier alpha value is -2.96. The number of halogens is 3. The number of aromatic nitrogens is 3. The first kappa shape index (κ1) is 19.4. The molecule has 1 unspecified atom stereocenters. The van der Waals surface area contributed by atoms with E-state index in [0.717, 1.165) is 16.7 Å². The lowest BCUT2D eigenvalue weighted by Crippen LogP contribution is -2.42. The van der Waals surface area contributed by atoms with Gasteiger partial charge in [-0.2, -0.15) is 13.2 Å². The van der Waals surface area contributed by atoms with Gasteiger partial charge in [-0.1, -0.05) is 18.2 Å². The molecule has 1 atom stereocenters. The van der Waals surface area contributed by atoms with Crippen molar-refractivity contribution >= 4 is 5.82 Å². The molecule has 1 saturated heterocycles. The standard InChI is InChI=1S/C22H21F3N4/c23-22(24,25)20-8-4-12-29(20)21-16(5-3-11-28-21)13-19(17-6-1-9-26-14-17)18-7-2-10-27-15-18/h1-3,5-7,9-11,14-15,19-20H,4,8,12-13H2. The molecule has 0 N–H and O–H groups in total. The Morgan fingerprint density at radius 1 is 0.966 bits per heavy atom. The molecule has 0 saturated carbocycles. The summed E-state index contributed by atoms with van der Waals surface area (Å²) >= 11 is 0. The van der Waals surface area contributed by atoms with E-state index in [1.54, 1.807) is 37.1 Å². The van der Waals surface area contributed by atoms with E-state index in [1.165, 1.54) is 4.90 Å². The summed E-state index contributed by atoms with van der Waals surface area (Å²) in [5.74, 6) is 0.345. The zero-order valence-corrected chi connectivity index (χ0v) is 15.8. The van der Waals surface area contributed by atoms with Crippen LogP contribution in [0.1, 0.15) is 35.4 Å². The summed E-state index contributed by atoms with van der Waals surface area (Å²) in [4.78, 5) is 14.2. The van der Waals surface area contributed by atoms with Crippen LogP contribution in [0.4, 0.5) is 19.0 Å². The van der Waals surface area contributed by atoms with Crippen molar-refractivity contribution in [1.82, 2.24) is 15.0 Å². The molecule has 4 rings (SSSR count). The molecule has 0 aliphatic carbocycles. The molecule has 0 amide bonds. The molecule has 4 nitrogen and oxygen atoms in total. The first-order valence-electron chi connectivity index (χ1n) is 9.61. The highest BCUT2D eigenvalue weighted by atomic mass is 19.4. The van der Waals surface area contributed by atoms with Gasteiger partial charge in [-0.3, -0.25) is 9.97 Å². The van der Waals surface area contributed by atoms with E-state index in [2.05, 4.69) is 15.0 Å². The molecule has 4 heterocycles. The molecule has 0 bridgehead atoms. The maximum atomic E-state index is 13.5. The number of hydrogen-bond acceptors (Lipinski definition) is 4. The monoisotopic (exact) mass is 398 g/mol. The normalized spacial score (nSPS) is 17.1. The summed E-state index contributed by atoms with van der Waals surface area (Å²) in [6.45, 7) is 0.360. The van der Waals surface area contributed by atoms with E-state index >= 15 is 0 Å². The van der Waals surface area contributed by atoms with Gasteiger partial charge in [-0.15, -0.1) is 0 Å². The Bertz CT molecular complexity index is 892. The predicted octanol–water partition coefficient (Wildman–Crippen LogP) is 4.78. The Kier molecular flexibility index (Phi) is 5.47. The molecule has 29 heavy (non-hydrogen) atoms. The van der Waals surface area contributed by atoms with Crippen molar-refractivity contribution in [3.8, 4) is 0 Å². The first-order chi connectivity index (χ1) is 14.0. The van der Waals surface area contributed by atoms with E-state index in [1.807, 2.05) is 30.3 Å². The van der Waals surface area contributed by atoms with Gasteiger partial charge >= 0.3 is 6.18 Å². The Labute approximate surface area is 167 Å². The van der Waals surface area contributed by atoms with E-state index in [9.17, 15) is 13.2 Å². The smallest absolute Gasteiger partial charge is 0.344 e.